The third kappa shape index (κ3) is 4.09. The highest BCUT2D eigenvalue weighted by Crippen LogP contribution is 2.65. The van der Waals surface area contributed by atoms with E-state index in [9.17, 15) is 9.59 Å². The number of likely N-dealkylation sites (N-methyl/N-ethyl adjacent to an activating group) is 1. The summed E-state index contributed by atoms with van der Waals surface area (Å²) in [5.41, 5.74) is 2.67. The van der Waals surface area contributed by atoms with E-state index in [1.54, 1.807) is 0 Å². The van der Waals surface area contributed by atoms with Gasteiger partial charge in [-0.3, -0.25) is 9.59 Å². The first kappa shape index (κ1) is 24.4. The molecule has 0 bridgehead atoms. The third-order valence-electron chi connectivity index (χ3n) is 10.7. The van der Waals surface area contributed by atoms with Crippen LogP contribution in [0.3, 0.4) is 0 Å². The van der Waals surface area contributed by atoms with Gasteiger partial charge in [0.1, 0.15) is 0 Å². The van der Waals surface area contributed by atoms with Crippen molar-refractivity contribution >= 4 is 17.5 Å². The van der Waals surface area contributed by atoms with Crippen molar-refractivity contribution in [2.75, 3.05) is 26.0 Å². The monoisotopic (exact) mass is 477 g/mol. The Morgan fingerprint density at radius 1 is 1.06 bits per heavy atom. The van der Waals surface area contributed by atoms with Gasteiger partial charge in [-0.1, -0.05) is 32.1 Å². The van der Waals surface area contributed by atoms with E-state index in [4.69, 9.17) is 0 Å². The minimum Gasteiger partial charge on any atom is -0.378 e. The molecule has 5 nitrogen and oxygen atoms in total. The van der Waals surface area contributed by atoms with Crippen LogP contribution in [-0.2, 0) is 16.1 Å². The van der Waals surface area contributed by atoms with E-state index in [1.165, 1.54) is 37.8 Å². The lowest BCUT2D eigenvalue weighted by molar-refractivity contribution is -0.139. The summed E-state index contributed by atoms with van der Waals surface area (Å²) in [6, 6.07) is 8.75. The zero-order chi connectivity index (χ0) is 25.0. The summed E-state index contributed by atoms with van der Waals surface area (Å²) in [5.74, 6) is 2.88. The molecule has 35 heavy (non-hydrogen) atoms. The van der Waals surface area contributed by atoms with Crippen LogP contribution in [0.5, 0.6) is 0 Å². The van der Waals surface area contributed by atoms with Crippen molar-refractivity contribution in [2.24, 2.45) is 34.5 Å². The molecule has 2 amide bonds. The van der Waals surface area contributed by atoms with Gasteiger partial charge >= 0.3 is 0 Å². The smallest absolute Gasteiger partial charge is 0.246 e. The molecule has 0 unspecified atom stereocenters. The normalized spacial score (nSPS) is 37.9. The lowest BCUT2D eigenvalue weighted by atomic mass is 9.47. The summed E-state index contributed by atoms with van der Waals surface area (Å²) in [5, 5.41) is 3.20. The van der Waals surface area contributed by atoms with Gasteiger partial charge < -0.3 is 15.1 Å². The van der Waals surface area contributed by atoms with Crippen molar-refractivity contribution in [3.05, 3.63) is 42.0 Å². The zero-order valence-corrected chi connectivity index (χ0v) is 22.2. The van der Waals surface area contributed by atoms with Crippen molar-refractivity contribution in [3.63, 3.8) is 0 Å². The fourth-order valence-electron chi connectivity index (χ4n) is 8.59. The molecule has 4 aliphatic rings. The van der Waals surface area contributed by atoms with Crippen LogP contribution in [0.15, 0.2) is 36.4 Å². The van der Waals surface area contributed by atoms with E-state index in [1.807, 2.05) is 32.1 Å². The molecule has 0 radical (unpaired) electrons. The summed E-state index contributed by atoms with van der Waals surface area (Å²) < 4.78 is 0. The summed E-state index contributed by atoms with van der Waals surface area (Å²) >= 11 is 0. The Morgan fingerprint density at radius 3 is 2.51 bits per heavy atom. The number of amides is 2. The van der Waals surface area contributed by atoms with Gasteiger partial charge in [-0.25, -0.2) is 0 Å². The van der Waals surface area contributed by atoms with Crippen LogP contribution in [-0.4, -0.2) is 43.9 Å². The number of rotatable bonds is 5. The molecule has 1 N–H and O–H groups in total. The fourth-order valence-corrected chi connectivity index (χ4v) is 8.59. The summed E-state index contributed by atoms with van der Waals surface area (Å²) in [6.45, 7) is 5.49. The quantitative estimate of drug-likeness (QED) is 0.648. The first-order chi connectivity index (χ1) is 16.6. The second-order valence-electron chi connectivity index (χ2n) is 12.5. The second-order valence-corrected chi connectivity index (χ2v) is 12.5. The SMILES string of the molecule is CN(C)c1ccc(CNC(=O)C[C@H]2CC[C@H]3[C@@H]4CC[C@H]5N(C)C(=O)C=C[C@]5(C)[C@H]4CC[C@]23C)cc1. The van der Waals surface area contributed by atoms with Gasteiger partial charge in [0, 0.05) is 51.3 Å². The highest BCUT2D eigenvalue weighted by Gasteiger charge is 2.60. The van der Waals surface area contributed by atoms with E-state index in [0.717, 1.165) is 12.0 Å². The predicted molar refractivity (Wildman–Crippen MR) is 141 cm³/mol. The first-order valence-corrected chi connectivity index (χ1v) is 13.6. The molecule has 1 aliphatic heterocycles. The third-order valence-corrected chi connectivity index (χ3v) is 10.7. The number of nitrogens with zero attached hydrogens (tertiary/aromatic N) is 2. The molecule has 5 rings (SSSR count). The van der Waals surface area contributed by atoms with Gasteiger partial charge in [0.15, 0.2) is 0 Å². The standard InChI is InChI=1S/C30H43N3O2/c1-29-16-14-25-23(11-13-26-30(25,2)17-15-28(35)33(26)5)24(29)12-8-21(29)18-27(34)31-19-20-6-9-22(10-7-20)32(3)4/h6-7,9-10,15,17,21,23-26H,8,11-14,16,18-19H2,1-5H3,(H,31,34)/t21-,23+,24+,25+,26-,29-,30-/m1/s1. The van der Waals surface area contributed by atoms with Crippen LogP contribution < -0.4 is 10.2 Å². The lowest BCUT2D eigenvalue weighted by Gasteiger charge is -2.60. The van der Waals surface area contributed by atoms with Crippen LogP contribution in [0.2, 0.25) is 0 Å². The minimum atomic E-state index is 0.0878. The van der Waals surface area contributed by atoms with Gasteiger partial charge in [0.25, 0.3) is 0 Å². The predicted octanol–water partition coefficient (Wildman–Crippen LogP) is 5.01. The molecule has 3 fully saturated rings. The fraction of sp³-hybridized carbons (Fsp3) is 0.667. The van der Waals surface area contributed by atoms with Crippen molar-refractivity contribution in [1.82, 2.24) is 10.2 Å². The average Bonchev–Trinajstić information content (AvgIpc) is 3.16. The highest BCUT2D eigenvalue weighted by atomic mass is 16.2. The van der Waals surface area contributed by atoms with Crippen molar-refractivity contribution in [1.29, 1.82) is 0 Å². The summed E-state index contributed by atoms with van der Waals surface area (Å²) in [4.78, 5) is 29.4. The van der Waals surface area contributed by atoms with Crippen molar-refractivity contribution in [3.8, 4) is 0 Å². The molecule has 0 saturated heterocycles. The maximum absolute atomic E-state index is 13.0. The molecule has 0 spiro atoms. The first-order valence-electron chi connectivity index (χ1n) is 13.6. The van der Waals surface area contributed by atoms with E-state index >= 15 is 0 Å². The van der Waals surface area contributed by atoms with Crippen LogP contribution >= 0.6 is 0 Å². The van der Waals surface area contributed by atoms with E-state index in [2.05, 4.69) is 54.4 Å². The van der Waals surface area contributed by atoms with Gasteiger partial charge in [0.05, 0.1) is 0 Å². The number of hydrogen-bond donors (Lipinski definition) is 1. The topological polar surface area (TPSA) is 52.7 Å². The Labute approximate surface area is 211 Å². The van der Waals surface area contributed by atoms with Gasteiger partial charge in [-0.2, -0.15) is 0 Å². The van der Waals surface area contributed by atoms with Crippen LogP contribution in [0, 0.1) is 34.5 Å². The molecule has 0 aromatic heterocycles. The Bertz CT molecular complexity index is 1000. The lowest BCUT2D eigenvalue weighted by Crippen LogP contribution is -2.59. The number of nitrogens with one attached hydrogen (secondary N) is 1. The Morgan fingerprint density at radius 2 is 1.80 bits per heavy atom. The summed E-state index contributed by atoms with van der Waals surface area (Å²) in [6.07, 6.45) is 11.9. The largest absolute Gasteiger partial charge is 0.378 e. The number of hydrogen-bond acceptors (Lipinski definition) is 3. The van der Waals surface area contributed by atoms with E-state index < -0.39 is 0 Å². The molecule has 1 heterocycles. The van der Waals surface area contributed by atoms with E-state index in [-0.39, 0.29) is 22.6 Å². The molecule has 190 valence electrons. The minimum absolute atomic E-state index is 0.0878. The van der Waals surface area contributed by atoms with Crippen LogP contribution in [0.4, 0.5) is 5.69 Å². The molecule has 5 heteroatoms. The Balaban J connectivity index is 1.23. The zero-order valence-electron chi connectivity index (χ0n) is 22.2. The van der Waals surface area contributed by atoms with Gasteiger partial charge in [0.2, 0.25) is 11.8 Å². The van der Waals surface area contributed by atoms with Gasteiger partial charge in [-0.05, 0) is 91.4 Å². The molecule has 7 atom stereocenters. The molecular formula is C30H43N3O2. The Kier molecular flexibility index (Phi) is 6.26. The number of carbonyl (C=O) groups excluding carboxylic acids is 2. The van der Waals surface area contributed by atoms with Crippen LogP contribution in [0.25, 0.3) is 0 Å². The van der Waals surface area contributed by atoms with E-state index in [0.29, 0.717) is 42.7 Å². The van der Waals surface area contributed by atoms with Crippen molar-refractivity contribution < 1.29 is 9.59 Å². The number of fused-ring (bicyclic) bond motifs is 5. The maximum Gasteiger partial charge on any atom is 0.246 e. The second kappa shape index (κ2) is 8.97. The molecule has 1 aromatic carbocycles. The highest BCUT2D eigenvalue weighted by molar-refractivity contribution is 5.89. The number of benzene rings is 1. The Hall–Kier alpha value is -2.30. The molecule has 3 aliphatic carbocycles. The van der Waals surface area contributed by atoms with Crippen molar-refractivity contribution in [2.45, 2.75) is 71.4 Å². The van der Waals surface area contributed by atoms with Gasteiger partial charge in [-0.15, -0.1) is 0 Å². The maximum atomic E-state index is 13.0. The summed E-state index contributed by atoms with van der Waals surface area (Å²) in [7, 11) is 6.07. The molecular weight excluding hydrogens is 434 g/mol. The molecule has 1 aromatic rings. The number of carbonyl (C=O) groups is 2. The number of anilines is 1. The van der Waals surface area contributed by atoms with Crippen LogP contribution in [0.1, 0.15) is 64.4 Å². The molecule has 3 saturated carbocycles. The average molecular weight is 478 g/mol.